The molecular weight excluding hydrogens is 426 g/mol. The highest BCUT2D eigenvalue weighted by Gasteiger charge is 2.42. The summed E-state index contributed by atoms with van der Waals surface area (Å²) in [5.74, 6) is -1.27. The number of nitrogens with one attached hydrogen (secondary N) is 1. The van der Waals surface area contributed by atoms with E-state index in [1.54, 1.807) is 38.4 Å². The van der Waals surface area contributed by atoms with Gasteiger partial charge in [0.05, 0.1) is 18.8 Å². The van der Waals surface area contributed by atoms with Crippen LogP contribution in [0.3, 0.4) is 0 Å². The van der Waals surface area contributed by atoms with E-state index in [4.69, 9.17) is 5.53 Å². The van der Waals surface area contributed by atoms with E-state index >= 15 is 0 Å². The van der Waals surface area contributed by atoms with Gasteiger partial charge in [-0.05, 0) is 22.6 Å². The Labute approximate surface area is 191 Å². The Kier molecular flexibility index (Phi) is 7.94. The zero-order valence-corrected chi connectivity index (χ0v) is 18.4. The number of aromatic nitrogens is 2. The van der Waals surface area contributed by atoms with Crippen LogP contribution in [-0.2, 0) is 9.59 Å². The van der Waals surface area contributed by atoms with Crippen LogP contribution in [0.25, 0.3) is 21.6 Å². The minimum absolute atomic E-state index is 0.0290. The van der Waals surface area contributed by atoms with Crippen molar-refractivity contribution < 1.29 is 19.8 Å². The lowest BCUT2D eigenvalue weighted by atomic mass is 10.0. The van der Waals surface area contributed by atoms with Crippen LogP contribution >= 0.6 is 0 Å². The molecule has 0 bridgehead atoms. The summed E-state index contributed by atoms with van der Waals surface area (Å²) in [5, 5.41) is 26.4. The van der Waals surface area contributed by atoms with Crippen LogP contribution < -0.4 is 5.32 Å². The number of hydrogen-bond donors (Lipinski definition) is 3. The molecule has 3 rings (SSSR count). The first-order chi connectivity index (χ1) is 15.8. The van der Waals surface area contributed by atoms with Gasteiger partial charge in [-0.2, -0.15) is 0 Å². The molecule has 2 amide bonds. The zero-order chi connectivity index (χ0) is 24.0. The monoisotopic (exact) mass is 453 g/mol. The van der Waals surface area contributed by atoms with Crippen molar-refractivity contribution in [2.24, 2.45) is 11.0 Å². The lowest BCUT2D eigenvalue weighted by molar-refractivity contribution is -0.140. The van der Waals surface area contributed by atoms with Gasteiger partial charge < -0.3 is 20.4 Å². The molecule has 174 valence electrons. The lowest BCUT2D eigenvalue weighted by Crippen LogP contribution is -2.50. The molecule has 4 atom stereocenters. The molecule has 3 N–H and O–H groups in total. The quantitative estimate of drug-likeness (QED) is 0.312. The molecular formula is C22H27N7O4. The minimum atomic E-state index is -0.973. The molecule has 0 saturated carbocycles. The van der Waals surface area contributed by atoms with Gasteiger partial charge in [-0.3, -0.25) is 9.59 Å². The van der Waals surface area contributed by atoms with E-state index in [9.17, 15) is 19.8 Å². The Morgan fingerprint density at radius 3 is 2.48 bits per heavy atom. The molecule has 1 aliphatic heterocycles. The second-order valence-electron chi connectivity index (χ2n) is 8.28. The van der Waals surface area contributed by atoms with Crippen LogP contribution in [0.15, 0.2) is 48.1 Å². The molecule has 11 nitrogen and oxygen atoms in total. The maximum atomic E-state index is 13.0. The first-order valence-electron chi connectivity index (χ1n) is 10.6. The Morgan fingerprint density at radius 1 is 1.24 bits per heavy atom. The maximum Gasteiger partial charge on any atom is 0.243 e. The highest BCUT2D eigenvalue weighted by Crippen LogP contribution is 2.24. The number of aliphatic hydroxyl groups is 2. The van der Waals surface area contributed by atoms with Gasteiger partial charge in [-0.25, -0.2) is 9.97 Å². The third-order valence-electron chi connectivity index (χ3n) is 5.63. The van der Waals surface area contributed by atoms with Crippen molar-refractivity contribution in [3.63, 3.8) is 0 Å². The van der Waals surface area contributed by atoms with E-state index < -0.39 is 36.0 Å². The number of carbonyl (C=O) groups excluding carboxylic acids is 2. The van der Waals surface area contributed by atoms with Crippen LogP contribution in [0.2, 0.25) is 0 Å². The van der Waals surface area contributed by atoms with Gasteiger partial charge >= 0.3 is 0 Å². The fourth-order valence-electron chi connectivity index (χ4n) is 3.86. The lowest BCUT2D eigenvalue weighted by Gasteiger charge is -2.29. The van der Waals surface area contributed by atoms with Gasteiger partial charge in [0.1, 0.15) is 18.4 Å². The second kappa shape index (κ2) is 10.9. The number of β-amino-alcohol motifs (C(OH)–C–C–N with tert-alkyl or cyclic N) is 1. The molecule has 2 heterocycles. The summed E-state index contributed by atoms with van der Waals surface area (Å²) >= 11 is 0. The SMILES string of the molecule is CC(C)[C@H](N=[N+]=[N-])C(=O)N1C[C@H](O)C[C@H]1C(=O)N[C@@H](CO)c1ccc(-c2cncnc2)cc1. The Bertz CT molecular complexity index is 1010. The molecule has 2 aromatic rings. The highest BCUT2D eigenvalue weighted by atomic mass is 16.3. The molecule has 1 fully saturated rings. The smallest absolute Gasteiger partial charge is 0.243 e. The largest absolute Gasteiger partial charge is 0.394 e. The molecule has 0 aliphatic carbocycles. The number of azide groups is 1. The number of amides is 2. The van der Waals surface area contributed by atoms with Crippen molar-refractivity contribution in [2.45, 2.75) is 44.5 Å². The topological polar surface area (TPSA) is 164 Å². The number of aliphatic hydroxyl groups excluding tert-OH is 2. The van der Waals surface area contributed by atoms with Gasteiger partial charge in [-0.15, -0.1) is 0 Å². The molecule has 1 aliphatic rings. The summed E-state index contributed by atoms with van der Waals surface area (Å²) in [7, 11) is 0. The van der Waals surface area contributed by atoms with Crippen molar-refractivity contribution in [3.8, 4) is 11.1 Å². The normalized spacial score (nSPS) is 19.6. The average Bonchev–Trinajstić information content (AvgIpc) is 3.22. The molecule has 0 radical (unpaired) electrons. The standard InChI is InChI=1S/C22H27N7O4/c1-13(2)20(27-28-23)22(33)29-10-17(31)7-19(29)21(32)26-18(11-30)15-5-3-14(4-6-15)16-8-24-12-25-9-16/h3-6,8-9,12-13,17-20,30-31H,7,10-11H2,1-2H3,(H,26,32)/t17-,18+,19+,20+/m1/s1. The Hall–Kier alpha value is -3.53. The third-order valence-corrected chi connectivity index (χ3v) is 5.63. The van der Waals surface area contributed by atoms with E-state index in [1.807, 2.05) is 12.1 Å². The zero-order valence-electron chi connectivity index (χ0n) is 18.4. The van der Waals surface area contributed by atoms with E-state index in [-0.39, 0.29) is 25.5 Å². The summed E-state index contributed by atoms with van der Waals surface area (Å²) in [6.45, 7) is 3.10. The number of benzene rings is 1. The summed E-state index contributed by atoms with van der Waals surface area (Å²) in [6, 6.07) is 4.64. The first-order valence-corrected chi connectivity index (χ1v) is 10.6. The van der Waals surface area contributed by atoms with Gasteiger partial charge in [-0.1, -0.05) is 43.2 Å². The molecule has 1 aromatic carbocycles. The van der Waals surface area contributed by atoms with E-state index in [0.717, 1.165) is 11.1 Å². The van der Waals surface area contributed by atoms with Crippen molar-refractivity contribution in [1.29, 1.82) is 0 Å². The molecule has 1 aromatic heterocycles. The number of rotatable bonds is 8. The summed E-state index contributed by atoms with van der Waals surface area (Å²) in [4.78, 5) is 38.0. The Balaban J connectivity index is 1.74. The summed E-state index contributed by atoms with van der Waals surface area (Å²) in [6.07, 6.45) is 4.00. The van der Waals surface area contributed by atoms with Gasteiger partial charge in [0, 0.05) is 35.8 Å². The van der Waals surface area contributed by atoms with Gasteiger partial charge in [0.15, 0.2) is 0 Å². The summed E-state index contributed by atoms with van der Waals surface area (Å²) in [5.41, 5.74) is 11.2. The maximum absolute atomic E-state index is 13.0. The van der Waals surface area contributed by atoms with E-state index in [1.165, 1.54) is 11.2 Å². The van der Waals surface area contributed by atoms with Gasteiger partial charge in [0.2, 0.25) is 11.8 Å². The van der Waals surface area contributed by atoms with Crippen LogP contribution in [0, 0.1) is 5.92 Å². The third kappa shape index (κ3) is 5.64. The fourth-order valence-corrected chi connectivity index (χ4v) is 3.86. The predicted octanol–water partition coefficient (Wildman–Crippen LogP) is 1.59. The minimum Gasteiger partial charge on any atom is -0.394 e. The van der Waals surface area contributed by atoms with Crippen molar-refractivity contribution in [1.82, 2.24) is 20.2 Å². The second-order valence-corrected chi connectivity index (χ2v) is 8.28. The van der Waals surface area contributed by atoms with Crippen molar-refractivity contribution >= 4 is 11.8 Å². The molecule has 33 heavy (non-hydrogen) atoms. The van der Waals surface area contributed by atoms with E-state index in [0.29, 0.717) is 5.56 Å². The van der Waals surface area contributed by atoms with Gasteiger partial charge in [0.25, 0.3) is 0 Å². The molecule has 11 heteroatoms. The van der Waals surface area contributed by atoms with Crippen LogP contribution in [-0.4, -0.2) is 68.2 Å². The molecule has 0 unspecified atom stereocenters. The van der Waals surface area contributed by atoms with Crippen LogP contribution in [0.5, 0.6) is 0 Å². The van der Waals surface area contributed by atoms with Crippen molar-refractivity contribution in [2.75, 3.05) is 13.2 Å². The van der Waals surface area contributed by atoms with Crippen molar-refractivity contribution in [3.05, 3.63) is 59.0 Å². The predicted molar refractivity (Wildman–Crippen MR) is 119 cm³/mol. The Morgan fingerprint density at radius 2 is 1.91 bits per heavy atom. The number of carbonyl (C=O) groups is 2. The van der Waals surface area contributed by atoms with E-state index in [2.05, 4.69) is 25.3 Å². The number of nitrogens with zero attached hydrogens (tertiary/aromatic N) is 6. The first kappa shape index (κ1) is 24.1. The fraction of sp³-hybridized carbons (Fsp3) is 0.455. The van der Waals surface area contributed by atoms with Crippen LogP contribution in [0.1, 0.15) is 31.9 Å². The summed E-state index contributed by atoms with van der Waals surface area (Å²) < 4.78 is 0. The van der Waals surface area contributed by atoms with Crippen LogP contribution in [0.4, 0.5) is 0 Å². The molecule has 1 saturated heterocycles. The average molecular weight is 454 g/mol. The number of likely N-dealkylation sites (tertiary alicyclic amines) is 1. The number of hydrogen-bond acceptors (Lipinski definition) is 7. The highest BCUT2D eigenvalue weighted by molar-refractivity contribution is 5.91. The molecule has 0 spiro atoms.